The van der Waals surface area contributed by atoms with Gasteiger partial charge in [0.2, 0.25) is 0 Å². The van der Waals surface area contributed by atoms with E-state index >= 15 is 0 Å². The number of carboxylic acids is 1. The third-order valence-corrected chi connectivity index (χ3v) is 6.18. The molecule has 1 aliphatic heterocycles. The second-order valence-electron chi connectivity index (χ2n) is 8.34. The molecule has 198 valence electrons. The van der Waals surface area contributed by atoms with Crippen molar-refractivity contribution in [2.75, 3.05) is 18.0 Å². The first-order chi connectivity index (χ1) is 18.1. The standard InChI is InChI=1S/C21H18ClFN8.C2HF3O2/c22-18-2-1-16(23)21(29-18)30-8-5-13(10-30)17(3-6-24)31-11-14(9-28-31)19-15-4-7-25-20(15)27-12-26-19;3-2(4,5)1(6)7/h1-2,4,7,9,11-13,17H,3,5,8,10H2,(H,25,26,27);(H,6,7)/t13-,17-;/m0./s1. The van der Waals surface area contributed by atoms with Crippen LogP contribution in [0.1, 0.15) is 18.9 Å². The number of nitrogens with zero attached hydrogens (tertiary/aromatic N) is 7. The Bertz CT molecular complexity index is 1480. The number of nitriles is 1. The summed E-state index contributed by atoms with van der Waals surface area (Å²) in [5.74, 6) is -2.79. The molecule has 0 aliphatic carbocycles. The zero-order valence-electron chi connectivity index (χ0n) is 19.4. The zero-order chi connectivity index (χ0) is 27.4. The highest BCUT2D eigenvalue weighted by Crippen LogP contribution is 2.34. The highest BCUT2D eigenvalue weighted by atomic mass is 35.5. The molecular formula is C23H19ClF4N8O2. The molecule has 0 radical (unpaired) electrons. The summed E-state index contributed by atoms with van der Waals surface area (Å²) in [6.45, 7) is 1.21. The van der Waals surface area contributed by atoms with Crippen molar-refractivity contribution in [3.05, 3.63) is 54.1 Å². The van der Waals surface area contributed by atoms with Crippen LogP contribution in [0.5, 0.6) is 0 Å². The lowest BCUT2D eigenvalue weighted by Crippen LogP contribution is -2.26. The third kappa shape index (κ3) is 5.83. The summed E-state index contributed by atoms with van der Waals surface area (Å²) in [5, 5.41) is 22.3. The Morgan fingerprint density at radius 1 is 1.32 bits per heavy atom. The van der Waals surface area contributed by atoms with Crippen molar-refractivity contribution < 1.29 is 27.5 Å². The number of aliphatic carboxylic acids is 1. The van der Waals surface area contributed by atoms with Gasteiger partial charge >= 0.3 is 12.1 Å². The molecule has 4 aromatic rings. The van der Waals surface area contributed by atoms with E-state index < -0.39 is 18.0 Å². The predicted molar refractivity (Wildman–Crippen MR) is 128 cm³/mol. The van der Waals surface area contributed by atoms with Crippen molar-refractivity contribution in [3.8, 4) is 17.3 Å². The van der Waals surface area contributed by atoms with Gasteiger partial charge in [0.25, 0.3) is 0 Å². The predicted octanol–water partition coefficient (Wildman–Crippen LogP) is 4.62. The van der Waals surface area contributed by atoms with E-state index in [1.165, 1.54) is 18.5 Å². The van der Waals surface area contributed by atoms with Gasteiger partial charge in [-0.15, -0.1) is 0 Å². The van der Waals surface area contributed by atoms with Gasteiger partial charge in [0.05, 0.1) is 30.4 Å². The minimum absolute atomic E-state index is 0.116. The number of nitrogens with one attached hydrogen (secondary N) is 1. The Balaban J connectivity index is 0.000000426. The number of carboxylic acid groups (broad SMARTS) is 1. The van der Waals surface area contributed by atoms with Gasteiger partial charge in [-0.05, 0) is 24.6 Å². The lowest BCUT2D eigenvalue weighted by molar-refractivity contribution is -0.192. The molecule has 5 heterocycles. The Morgan fingerprint density at radius 2 is 2.08 bits per heavy atom. The summed E-state index contributed by atoms with van der Waals surface area (Å²) in [6.07, 6.45) is 3.02. The maximum Gasteiger partial charge on any atom is 0.490 e. The number of alkyl halides is 3. The molecule has 1 aliphatic rings. The quantitative estimate of drug-likeness (QED) is 0.271. The number of H-pyrrole nitrogens is 1. The van der Waals surface area contributed by atoms with E-state index in [9.17, 15) is 22.8 Å². The molecule has 1 fully saturated rings. The number of aromatic amines is 1. The van der Waals surface area contributed by atoms with Gasteiger partial charge in [0.15, 0.2) is 11.6 Å². The third-order valence-electron chi connectivity index (χ3n) is 5.97. The van der Waals surface area contributed by atoms with Crippen LogP contribution in [-0.4, -0.2) is 60.1 Å². The summed E-state index contributed by atoms with van der Waals surface area (Å²) >= 11 is 5.96. The van der Waals surface area contributed by atoms with Crippen molar-refractivity contribution in [2.45, 2.75) is 25.1 Å². The first-order valence-electron chi connectivity index (χ1n) is 11.1. The molecule has 1 saturated heterocycles. The van der Waals surface area contributed by atoms with Crippen LogP contribution < -0.4 is 4.90 Å². The number of rotatable bonds is 5. The number of fused-ring (bicyclic) bond motifs is 1. The molecule has 0 spiro atoms. The van der Waals surface area contributed by atoms with E-state index in [1.54, 1.807) is 6.20 Å². The largest absolute Gasteiger partial charge is 0.490 e. The van der Waals surface area contributed by atoms with Crippen LogP contribution in [0.25, 0.3) is 22.3 Å². The van der Waals surface area contributed by atoms with Crippen molar-refractivity contribution in [2.24, 2.45) is 5.92 Å². The van der Waals surface area contributed by atoms with Crippen molar-refractivity contribution in [1.82, 2.24) is 29.7 Å². The van der Waals surface area contributed by atoms with Gasteiger partial charge < -0.3 is 15.0 Å². The van der Waals surface area contributed by atoms with Crippen molar-refractivity contribution in [3.63, 3.8) is 0 Å². The smallest absolute Gasteiger partial charge is 0.475 e. The molecule has 5 rings (SSSR count). The topological polar surface area (TPSA) is 137 Å². The van der Waals surface area contributed by atoms with Crippen LogP contribution in [0.15, 0.2) is 43.1 Å². The van der Waals surface area contributed by atoms with Crippen molar-refractivity contribution >= 4 is 34.4 Å². The molecule has 0 amide bonds. The number of hydrogen-bond donors (Lipinski definition) is 2. The second kappa shape index (κ2) is 11.0. The fraction of sp³-hybridized carbons (Fsp3) is 0.304. The monoisotopic (exact) mass is 550 g/mol. The number of aromatic nitrogens is 6. The van der Waals surface area contributed by atoms with Crippen LogP contribution in [0, 0.1) is 23.1 Å². The summed E-state index contributed by atoms with van der Waals surface area (Å²) in [4.78, 5) is 26.6. The second-order valence-corrected chi connectivity index (χ2v) is 8.73. The molecule has 0 saturated carbocycles. The van der Waals surface area contributed by atoms with Crippen LogP contribution >= 0.6 is 11.6 Å². The van der Waals surface area contributed by atoms with E-state index in [0.717, 1.165) is 28.7 Å². The molecule has 10 nitrogen and oxygen atoms in total. The minimum Gasteiger partial charge on any atom is -0.475 e. The normalized spacial score (nSPS) is 16.1. The van der Waals surface area contributed by atoms with Gasteiger partial charge in [0.1, 0.15) is 17.1 Å². The molecule has 4 aromatic heterocycles. The van der Waals surface area contributed by atoms with Crippen molar-refractivity contribution in [1.29, 1.82) is 5.26 Å². The molecule has 0 unspecified atom stereocenters. The van der Waals surface area contributed by atoms with E-state index in [2.05, 4.69) is 31.1 Å². The van der Waals surface area contributed by atoms with Crippen LogP contribution in [0.2, 0.25) is 5.15 Å². The Morgan fingerprint density at radius 3 is 2.79 bits per heavy atom. The Labute approximate surface area is 217 Å². The average molecular weight is 551 g/mol. The number of anilines is 1. The highest BCUT2D eigenvalue weighted by Gasteiger charge is 2.38. The van der Waals surface area contributed by atoms with E-state index in [4.69, 9.17) is 21.5 Å². The first-order valence-corrected chi connectivity index (χ1v) is 11.5. The van der Waals surface area contributed by atoms with Gasteiger partial charge in [-0.2, -0.15) is 23.5 Å². The van der Waals surface area contributed by atoms with Gasteiger partial charge in [-0.3, -0.25) is 4.68 Å². The van der Waals surface area contributed by atoms with E-state index in [0.29, 0.717) is 19.5 Å². The van der Waals surface area contributed by atoms with Crippen LogP contribution in [0.4, 0.5) is 23.4 Å². The number of pyridine rings is 1. The molecule has 2 atom stereocenters. The maximum atomic E-state index is 14.3. The maximum absolute atomic E-state index is 14.3. The summed E-state index contributed by atoms with van der Waals surface area (Å²) in [6, 6.07) is 6.82. The summed E-state index contributed by atoms with van der Waals surface area (Å²) < 4.78 is 47.8. The zero-order valence-corrected chi connectivity index (χ0v) is 20.2. The molecule has 15 heteroatoms. The Hall–Kier alpha value is -4.25. The lowest BCUT2D eigenvalue weighted by atomic mass is 9.96. The molecule has 0 bridgehead atoms. The number of hydrogen-bond acceptors (Lipinski definition) is 7. The SMILES string of the molecule is N#CC[C@@H]([C@H]1CCN(c2nc(Cl)ccc2F)C1)n1cc(-c2ncnc3[nH]ccc23)cn1.O=C(O)C(F)(F)F. The van der Waals surface area contributed by atoms with E-state index in [1.807, 2.05) is 28.0 Å². The van der Waals surface area contributed by atoms with Gasteiger partial charge in [-0.1, -0.05) is 11.6 Å². The van der Waals surface area contributed by atoms with Crippen LogP contribution in [0.3, 0.4) is 0 Å². The molecule has 0 aromatic carbocycles. The molecule has 38 heavy (non-hydrogen) atoms. The Kier molecular flexibility index (Phi) is 7.77. The fourth-order valence-electron chi connectivity index (χ4n) is 4.24. The summed E-state index contributed by atoms with van der Waals surface area (Å²) in [7, 11) is 0. The number of halogens is 5. The van der Waals surface area contributed by atoms with Gasteiger partial charge in [-0.25, -0.2) is 24.1 Å². The number of carbonyl (C=O) groups is 1. The molecular weight excluding hydrogens is 532 g/mol. The van der Waals surface area contributed by atoms with Gasteiger partial charge in [0, 0.05) is 42.4 Å². The van der Waals surface area contributed by atoms with E-state index in [-0.39, 0.29) is 22.9 Å². The molecule has 2 N–H and O–H groups in total. The minimum atomic E-state index is -5.08. The summed E-state index contributed by atoms with van der Waals surface area (Å²) in [5.41, 5.74) is 2.40. The first kappa shape index (κ1) is 26.8. The fourth-order valence-corrected chi connectivity index (χ4v) is 4.38. The average Bonchev–Trinajstić information content (AvgIpc) is 3.64. The van der Waals surface area contributed by atoms with Crippen LogP contribution in [-0.2, 0) is 4.79 Å². The highest BCUT2D eigenvalue weighted by molar-refractivity contribution is 6.29. The lowest BCUT2D eigenvalue weighted by Gasteiger charge is -2.23.